The van der Waals surface area contributed by atoms with E-state index in [1.807, 2.05) is 6.07 Å². The van der Waals surface area contributed by atoms with Gasteiger partial charge in [-0.3, -0.25) is 9.59 Å². The molecule has 1 fully saturated rings. The number of pyridine rings is 1. The molecule has 1 saturated heterocycles. The number of carbonyl (C=O) groups excluding carboxylic acids is 2. The van der Waals surface area contributed by atoms with Gasteiger partial charge in [-0.25, -0.2) is 4.98 Å². The van der Waals surface area contributed by atoms with E-state index in [9.17, 15) is 22.8 Å². The summed E-state index contributed by atoms with van der Waals surface area (Å²) in [7, 11) is 0. The molecule has 4 rings (SSSR count). The molecule has 0 atom stereocenters. The molecule has 0 spiro atoms. The zero-order valence-corrected chi connectivity index (χ0v) is 19.1. The fourth-order valence-electron chi connectivity index (χ4n) is 3.57. The fourth-order valence-corrected chi connectivity index (χ4v) is 3.57. The van der Waals surface area contributed by atoms with Crippen molar-refractivity contribution in [3.63, 3.8) is 0 Å². The number of aromatic nitrogens is 1. The molecule has 10 heteroatoms. The topological polar surface area (TPSA) is 83.6 Å². The van der Waals surface area contributed by atoms with Crippen molar-refractivity contribution in [2.75, 3.05) is 41.8 Å². The molecule has 0 radical (unpaired) electrons. The Morgan fingerprint density at radius 3 is 2.47 bits per heavy atom. The average molecular weight is 496 g/mol. The standard InChI is InChI=1S/C26H23F3N4O3/c27-26(28,29)20-5-2-4-19(16-20)25(35)31-21-6-1-3-18(15-21)7-10-24(34)32-23-9-8-22(17-30-23)33-11-13-36-14-12-33/h1-10,15-17H,11-14H2,(H,31,35)(H,30,32,34). The molecule has 2 heterocycles. The van der Waals surface area contributed by atoms with Crippen LogP contribution >= 0.6 is 0 Å². The van der Waals surface area contributed by atoms with Crippen LogP contribution in [-0.2, 0) is 15.7 Å². The minimum Gasteiger partial charge on any atom is -0.378 e. The van der Waals surface area contributed by atoms with Crippen LogP contribution in [0.3, 0.4) is 0 Å². The molecule has 36 heavy (non-hydrogen) atoms. The Bertz CT molecular complexity index is 1250. The summed E-state index contributed by atoms with van der Waals surface area (Å²) in [5.41, 5.74) is 0.930. The summed E-state index contributed by atoms with van der Waals surface area (Å²) in [5.74, 6) is -0.657. The van der Waals surface area contributed by atoms with Crippen LogP contribution in [0.1, 0.15) is 21.5 Å². The van der Waals surface area contributed by atoms with Gasteiger partial charge in [0.2, 0.25) is 5.91 Å². The highest BCUT2D eigenvalue weighted by atomic mass is 19.4. The Hall–Kier alpha value is -4.18. The lowest BCUT2D eigenvalue weighted by molar-refractivity contribution is -0.137. The van der Waals surface area contributed by atoms with E-state index in [4.69, 9.17) is 4.74 Å². The number of amides is 2. The maximum Gasteiger partial charge on any atom is 0.416 e. The van der Waals surface area contributed by atoms with Crippen molar-refractivity contribution in [1.82, 2.24) is 4.98 Å². The van der Waals surface area contributed by atoms with Gasteiger partial charge in [-0.2, -0.15) is 13.2 Å². The van der Waals surface area contributed by atoms with Gasteiger partial charge in [0, 0.05) is 30.4 Å². The van der Waals surface area contributed by atoms with Crippen molar-refractivity contribution in [3.05, 3.63) is 89.6 Å². The monoisotopic (exact) mass is 496 g/mol. The van der Waals surface area contributed by atoms with Gasteiger partial charge in [0.1, 0.15) is 5.82 Å². The number of ether oxygens (including phenoxy) is 1. The summed E-state index contributed by atoms with van der Waals surface area (Å²) in [6.45, 7) is 2.91. The lowest BCUT2D eigenvalue weighted by Gasteiger charge is -2.28. The highest BCUT2D eigenvalue weighted by Gasteiger charge is 2.30. The van der Waals surface area contributed by atoms with Crippen LogP contribution in [0.15, 0.2) is 72.9 Å². The predicted octanol–water partition coefficient (Wildman–Crippen LogP) is 4.84. The Balaban J connectivity index is 1.35. The van der Waals surface area contributed by atoms with Crippen LogP contribution in [0.25, 0.3) is 6.08 Å². The molecule has 0 unspecified atom stereocenters. The average Bonchev–Trinajstić information content (AvgIpc) is 2.88. The number of benzene rings is 2. The van der Waals surface area contributed by atoms with Crippen molar-refractivity contribution < 1.29 is 27.5 Å². The quantitative estimate of drug-likeness (QED) is 0.477. The summed E-state index contributed by atoms with van der Waals surface area (Å²) in [6.07, 6.45) is 0.0335. The molecule has 0 aliphatic carbocycles. The third kappa shape index (κ3) is 6.70. The number of hydrogen-bond donors (Lipinski definition) is 2. The first-order valence-corrected chi connectivity index (χ1v) is 11.1. The second-order valence-electron chi connectivity index (χ2n) is 7.98. The number of rotatable bonds is 6. The number of anilines is 3. The fraction of sp³-hybridized carbons (Fsp3) is 0.192. The van der Waals surface area contributed by atoms with E-state index in [1.54, 1.807) is 42.6 Å². The molecule has 1 aliphatic heterocycles. The largest absolute Gasteiger partial charge is 0.416 e. The lowest BCUT2D eigenvalue weighted by Crippen LogP contribution is -2.36. The van der Waals surface area contributed by atoms with Crippen LogP contribution in [-0.4, -0.2) is 43.1 Å². The van der Waals surface area contributed by atoms with E-state index >= 15 is 0 Å². The van der Waals surface area contributed by atoms with Crippen molar-refractivity contribution in [1.29, 1.82) is 0 Å². The minimum absolute atomic E-state index is 0.114. The van der Waals surface area contributed by atoms with Gasteiger partial charge in [0.05, 0.1) is 30.7 Å². The van der Waals surface area contributed by atoms with Gasteiger partial charge >= 0.3 is 6.18 Å². The van der Waals surface area contributed by atoms with Gasteiger partial charge in [-0.1, -0.05) is 18.2 Å². The van der Waals surface area contributed by atoms with Gasteiger partial charge in [0.15, 0.2) is 0 Å². The third-order valence-corrected chi connectivity index (χ3v) is 5.40. The first-order chi connectivity index (χ1) is 17.3. The molecule has 0 saturated carbocycles. The number of nitrogens with one attached hydrogen (secondary N) is 2. The number of morpholine rings is 1. The van der Waals surface area contributed by atoms with Gasteiger partial charge in [0.25, 0.3) is 5.91 Å². The van der Waals surface area contributed by atoms with E-state index in [0.717, 1.165) is 30.9 Å². The van der Waals surface area contributed by atoms with Gasteiger partial charge in [-0.05, 0) is 54.1 Å². The highest BCUT2D eigenvalue weighted by molar-refractivity contribution is 6.05. The highest BCUT2D eigenvalue weighted by Crippen LogP contribution is 2.29. The Morgan fingerprint density at radius 2 is 1.75 bits per heavy atom. The minimum atomic E-state index is -4.54. The van der Waals surface area contributed by atoms with Crippen molar-refractivity contribution >= 4 is 35.1 Å². The maximum absolute atomic E-state index is 12.9. The van der Waals surface area contributed by atoms with Crippen molar-refractivity contribution in [2.45, 2.75) is 6.18 Å². The van der Waals surface area contributed by atoms with Gasteiger partial charge < -0.3 is 20.3 Å². The van der Waals surface area contributed by atoms with Crippen LogP contribution in [0, 0.1) is 0 Å². The predicted molar refractivity (Wildman–Crippen MR) is 131 cm³/mol. The smallest absolute Gasteiger partial charge is 0.378 e. The van der Waals surface area contributed by atoms with Crippen LogP contribution in [0.4, 0.5) is 30.4 Å². The summed E-state index contributed by atoms with van der Waals surface area (Å²) in [6, 6.07) is 14.4. The van der Waals surface area contributed by atoms with Gasteiger partial charge in [-0.15, -0.1) is 0 Å². The maximum atomic E-state index is 12.9. The zero-order chi connectivity index (χ0) is 25.5. The van der Waals surface area contributed by atoms with Crippen molar-refractivity contribution in [2.24, 2.45) is 0 Å². The third-order valence-electron chi connectivity index (χ3n) is 5.40. The SMILES string of the molecule is O=C(C=Cc1cccc(NC(=O)c2cccc(C(F)(F)F)c2)c1)Nc1ccc(N2CCOCC2)cn1. The Morgan fingerprint density at radius 1 is 0.972 bits per heavy atom. The molecule has 2 N–H and O–H groups in total. The molecule has 1 aliphatic rings. The van der Waals surface area contributed by atoms with E-state index in [1.165, 1.54) is 18.2 Å². The Labute approximate surface area is 205 Å². The van der Waals surface area contributed by atoms with E-state index < -0.39 is 17.6 Å². The number of alkyl halides is 3. The molecule has 0 bridgehead atoms. The molecule has 7 nitrogen and oxygen atoms in total. The molecular formula is C26H23F3N4O3. The number of hydrogen-bond acceptors (Lipinski definition) is 5. The summed E-state index contributed by atoms with van der Waals surface area (Å²) >= 11 is 0. The number of halogens is 3. The second kappa shape index (κ2) is 11.0. The molecule has 2 amide bonds. The van der Waals surface area contributed by atoms with E-state index in [-0.39, 0.29) is 11.5 Å². The van der Waals surface area contributed by atoms with E-state index in [2.05, 4.69) is 20.5 Å². The first-order valence-electron chi connectivity index (χ1n) is 11.1. The molecule has 186 valence electrons. The summed E-state index contributed by atoms with van der Waals surface area (Å²) < 4.78 is 44.1. The summed E-state index contributed by atoms with van der Waals surface area (Å²) in [5, 5.41) is 5.26. The van der Waals surface area contributed by atoms with Crippen molar-refractivity contribution in [3.8, 4) is 0 Å². The molecular weight excluding hydrogens is 473 g/mol. The summed E-state index contributed by atoms with van der Waals surface area (Å²) in [4.78, 5) is 31.2. The first kappa shape index (κ1) is 24.9. The molecule has 1 aromatic heterocycles. The van der Waals surface area contributed by atoms with Crippen LogP contribution in [0.5, 0.6) is 0 Å². The van der Waals surface area contributed by atoms with E-state index in [0.29, 0.717) is 30.3 Å². The zero-order valence-electron chi connectivity index (χ0n) is 19.1. The molecule has 2 aromatic carbocycles. The number of nitrogens with zero attached hydrogens (tertiary/aromatic N) is 2. The normalized spacial score (nSPS) is 14.0. The number of carbonyl (C=O) groups is 2. The Kier molecular flexibility index (Phi) is 7.65. The lowest BCUT2D eigenvalue weighted by atomic mass is 10.1. The molecule has 3 aromatic rings. The second-order valence-corrected chi connectivity index (χ2v) is 7.98. The van der Waals surface area contributed by atoms with Crippen LogP contribution in [0.2, 0.25) is 0 Å². The van der Waals surface area contributed by atoms with Crippen LogP contribution < -0.4 is 15.5 Å².